The molecule has 9 heteroatoms. The molecule has 1 aliphatic rings. The molecule has 0 saturated heterocycles. The zero-order valence-corrected chi connectivity index (χ0v) is 13.4. The fourth-order valence-corrected chi connectivity index (χ4v) is 2.97. The van der Waals surface area contributed by atoms with Crippen molar-refractivity contribution in [3.8, 4) is 11.4 Å². The summed E-state index contributed by atoms with van der Waals surface area (Å²) in [6, 6.07) is 3.71. The second kappa shape index (κ2) is 6.71. The van der Waals surface area contributed by atoms with E-state index in [4.69, 9.17) is 0 Å². The molecule has 0 fully saturated rings. The molecule has 0 saturated carbocycles. The molecule has 126 valence electrons. The molecule has 0 aromatic carbocycles. The summed E-state index contributed by atoms with van der Waals surface area (Å²) in [5, 5.41) is 13.8. The Hall–Kier alpha value is -3.23. The van der Waals surface area contributed by atoms with Crippen LogP contribution < -0.4 is 5.32 Å². The average Bonchev–Trinajstić information content (AvgIpc) is 3.15. The lowest BCUT2D eigenvalue weighted by Gasteiger charge is -2.25. The molecule has 9 nitrogen and oxygen atoms in total. The van der Waals surface area contributed by atoms with Crippen molar-refractivity contribution in [1.29, 1.82) is 0 Å². The molecule has 3 aromatic heterocycles. The molecule has 3 aromatic rings. The number of aryl methyl sites for hydroxylation is 1. The molecule has 0 aliphatic heterocycles. The second-order valence-corrected chi connectivity index (χ2v) is 5.86. The van der Waals surface area contributed by atoms with Crippen LogP contribution in [-0.4, -0.2) is 41.1 Å². The monoisotopic (exact) mass is 336 g/mol. The van der Waals surface area contributed by atoms with E-state index in [0.717, 1.165) is 36.1 Å². The molecule has 0 radical (unpaired) electrons. The van der Waals surface area contributed by atoms with Crippen molar-refractivity contribution in [1.82, 2.24) is 40.5 Å². The van der Waals surface area contributed by atoms with Gasteiger partial charge in [0.15, 0.2) is 5.82 Å². The van der Waals surface area contributed by atoms with Crippen molar-refractivity contribution in [2.45, 2.75) is 31.8 Å². The minimum absolute atomic E-state index is 0.0873. The first-order valence-electron chi connectivity index (χ1n) is 8.06. The number of fused-ring (bicyclic) bond motifs is 1. The van der Waals surface area contributed by atoms with Crippen LogP contribution in [0.2, 0.25) is 0 Å². The first kappa shape index (κ1) is 15.3. The summed E-state index contributed by atoms with van der Waals surface area (Å²) in [4.78, 5) is 25.4. The summed E-state index contributed by atoms with van der Waals surface area (Å²) < 4.78 is 1.39. The maximum absolute atomic E-state index is 12.2. The topological polar surface area (TPSA) is 111 Å². The number of nitrogens with one attached hydrogen (secondary N) is 1. The number of amides is 1. The van der Waals surface area contributed by atoms with Crippen LogP contribution in [0.25, 0.3) is 11.4 Å². The average molecular weight is 336 g/mol. The highest BCUT2D eigenvalue weighted by molar-refractivity contribution is 5.76. The van der Waals surface area contributed by atoms with Gasteiger partial charge in [0, 0.05) is 35.4 Å². The van der Waals surface area contributed by atoms with Gasteiger partial charge in [0.1, 0.15) is 12.9 Å². The summed E-state index contributed by atoms with van der Waals surface area (Å²) in [5.41, 5.74) is 2.84. The van der Waals surface area contributed by atoms with Crippen LogP contribution in [0.4, 0.5) is 0 Å². The van der Waals surface area contributed by atoms with Crippen LogP contribution >= 0.6 is 0 Å². The van der Waals surface area contributed by atoms with Gasteiger partial charge in [-0.2, -0.15) is 0 Å². The van der Waals surface area contributed by atoms with Gasteiger partial charge in [-0.1, -0.05) is 0 Å². The number of aromatic nitrogens is 7. The smallest absolute Gasteiger partial charge is 0.242 e. The minimum Gasteiger partial charge on any atom is -0.348 e. The van der Waals surface area contributed by atoms with Crippen LogP contribution in [0.3, 0.4) is 0 Å². The summed E-state index contributed by atoms with van der Waals surface area (Å²) in [7, 11) is 0. The largest absolute Gasteiger partial charge is 0.348 e. The van der Waals surface area contributed by atoms with Gasteiger partial charge in [-0.05, 0) is 41.8 Å². The van der Waals surface area contributed by atoms with E-state index in [0.29, 0.717) is 5.82 Å². The SMILES string of the molecule is O=C(Cn1cnnn1)N[C@H]1CCCc2nc(-c3cccnc3)ncc21. The van der Waals surface area contributed by atoms with Gasteiger partial charge < -0.3 is 5.32 Å². The third-order valence-electron chi connectivity index (χ3n) is 4.13. The van der Waals surface area contributed by atoms with Gasteiger partial charge in [0.05, 0.1) is 6.04 Å². The Morgan fingerprint density at radius 1 is 1.36 bits per heavy atom. The van der Waals surface area contributed by atoms with Crippen molar-refractivity contribution in [3.05, 3.63) is 48.3 Å². The number of carbonyl (C=O) groups excluding carboxylic acids is 1. The van der Waals surface area contributed by atoms with Gasteiger partial charge in [0.25, 0.3) is 0 Å². The lowest BCUT2D eigenvalue weighted by molar-refractivity contribution is -0.122. The van der Waals surface area contributed by atoms with Gasteiger partial charge in [0.2, 0.25) is 5.91 Å². The molecule has 0 unspecified atom stereocenters. The van der Waals surface area contributed by atoms with Crippen molar-refractivity contribution >= 4 is 5.91 Å². The van der Waals surface area contributed by atoms with E-state index in [1.54, 1.807) is 12.4 Å². The normalized spacial score (nSPS) is 16.2. The van der Waals surface area contributed by atoms with Crippen molar-refractivity contribution < 1.29 is 4.79 Å². The quantitative estimate of drug-likeness (QED) is 0.747. The standard InChI is InChI=1S/C16H16N8O/c25-15(9-24-10-19-22-23-24)20-13-4-1-5-14-12(13)8-18-16(21-14)11-3-2-6-17-7-11/h2-3,6-8,10,13H,1,4-5,9H2,(H,20,25)/t13-/m0/s1. The molecule has 1 atom stereocenters. The number of rotatable bonds is 4. The predicted octanol–water partition coefficient (Wildman–Crippen LogP) is 0.719. The van der Waals surface area contributed by atoms with Crippen LogP contribution in [0.5, 0.6) is 0 Å². The number of hydrogen-bond donors (Lipinski definition) is 1. The molecule has 1 aliphatic carbocycles. The summed E-state index contributed by atoms with van der Waals surface area (Å²) >= 11 is 0. The summed E-state index contributed by atoms with van der Waals surface area (Å²) in [6.07, 6.45) is 9.40. The third-order valence-corrected chi connectivity index (χ3v) is 4.13. The fourth-order valence-electron chi connectivity index (χ4n) is 2.97. The maximum Gasteiger partial charge on any atom is 0.242 e. The van der Waals surface area contributed by atoms with Crippen molar-refractivity contribution in [2.24, 2.45) is 0 Å². The Kier molecular flexibility index (Phi) is 4.11. The van der Waals surface area contributed by atoms with Crippen molar-refractivity contribution in [2.75, 3.05) is 0 Å². The Bertz CT molecular complexity index is 865. The van der Waals surface area contributed by atoms with E-state index < -0.39 is 0 Å². The van der Waals surface area contributed by atoms with E-state index in [2.05, 4.69) is 35.8 Å². The molecule has 1 amide bonds. The first-order valence-corrected chi connectivity index (χ1v) is 8.06. The van der Waals surface area contributed by atoms with Crippen molar-refractivity contribution in [3.63, 3.8) is 0 Å². The van der Waals surface area contributed by atoms with Crippen LogP contribution in [0.1, 0.15) is 30.1 Å². The third kappa shape index (κ3) is 3.35. The number of nitrogens with zero attached hydrogens (tertiary/aromatic N) is 7. The highest BCUT2D eigenvalue weighted by Gasteiger charge is 2.24. The molecular weight excluding hydrogens is 320 g/mol. The van der Waals surface area contributed by atoms with E-state index in [9.17, 15) is 4.79 Å². The van der Waals surface area contributed by atoms with Crippen LogP contribution in [0, 0.1) is 0 Å². The lowest BCUT2D eigenvalue weighted by Crippen LogP contribution is -2.34. The molecule has 0 spiro atoms. The molecule has 3 heterocycles. The van der Waals surface area contributed by atoms with E-state index >= 15 is 0 Å². The Morgan fingerprint density at radius 3 is 3.12 bits per heavy atom. The number of tetrazole rings is 1. The van der Waals surface area contributed by atoms with E-state index in [1.807, 2.05) is 18.3 Å². The van der Waals surface area contributed by atoms with E-state index in [1.165, 1.54) is 11.0 Å². The zero-order valence-electron chi connectivity index (χ0n) is 13.4. The maximum atomic E-state index is 12.2. The molecule has 1 N–H and O–H groups in total. The second-order valence-electron chi connectivity index (χ2n) is 5.86. The fraction of sp³-hybridized carbons (Fsp3) is 0.312. The van der Waals surface area contributed by atoms with Gasteiger partial charge >= 0.3 is 0 Å². The van der Waals surface area contributed by atoms with Crippen LogP contribution in [-0.2, 0) is 17.8 Å². The molecule has 0 bridgehead atoms. The zero-order chi connectivity index (χ0) is 17.1. The molecule has 4 rings (SSSR count). The highest BCUT2D eigenvalue weighted by Crippen LogP contribution is 2.29. The Labute approximate surface area is 143 Å². The van der Waals surface area contributed by atoms with Crippen LogP contribution in [0.15, 0.2) is 37.1 Å². The van der Waals surface area contributed by atoms with Gasteiger partial charge in [-0.3, -0.25) is 9.78 Å². The highest BCUT2D eigenvalue weighted by atomic mass is 16.2. The minimum atomic E-state index is -0.138. The number of hydrogen-bond acceptors (Lipinski definition) is 7. The molecule has 25 heavy (non-hydrogen) atoms. The van der Waals surface area contributed by atoms with Gasteiger partial charge in [-0.15, -0.1) is 5.10 Å². The Balaban J connectivity index is 1.53. The Morgan fingerprint density at radius 2 is 2.32 bits per heavy atom. The van der Waals surface area contributed by atoms with Gasteiger partial charge in [-0.25, -0.2) is 14.6 Å². The molecular formula is C16H16N8O. The summed E-state index contributed by atoms with van der Waals surface area (Å²) in [5.74, 6) is 0.522. The summed E-state index contributed by atoms with van der Waals surface area (Å²) in [6.45, 7) is 0.0907. The van der Waals surface area contributed by atoms with E-state index in [-0.39, 0.29) is 18.5 Å². The number of carbonyl (C=O) groups is 1. The lowest BCUT2D eigenvalue weighted by atomic mass is 9.92. The first-order chi connectivity index (χ1) is 12.3. The predicted molar refractivity (Wildman–Crippen MR) is 86.9 cm³/mol. The number of pyridine rings is 1.